The molecule has 0 saturated carbocycles. The molecule has 11 nitrogen and oxygen atoms in total. The molecule has 3 amide bonds. The molecule has 0 aliphatic heterocycles. The first-order valence-corrected chi connectivity index (χ1v) is 12.7. The Kier molecular flexibility index (Phi) is 8.72. The van der Waals surface area contributed by atoms with Crippen molar-refractivity contribution in [3.8, 4) is 0 Å². The van der Waals surface area contributed by atoms with Gasteiger partial charge in [0.25, 0.3) is 5.91 Å². The lowest BCUT2D eigenvalue weighted by Gasteiger charge is -2.23. The third-order valence-electron chi connectivity index (χ3n) is 5.72. The lowest BCUT2D eigenvalue weighted by Crippen LogP contribution is -2.45. The summed E-state index contributed by atoms with van der Waals surface area (Å²) in [6.07, 6.45) is 3.19. The van der Waals surface area contributed by atoms with Crippen molar-refractivity contribution in [3.63, 3.8) is 0 Å². The lowest BCUT2D eigenvalue weighted by atomic mass is 10.1. The molecule has 1 atom stereocenters. The average Bonchev–Trinajstić information content (AvgIpc) is 2.92. The highest BCUT2D eigenvalue weighted by Gasteiger charge is 2.21. The molecular formula is C28H42N8O3. The molecular weight excluding hydrogens is 496 g/mol. The summed E-state index contributed by atoms with van der Waals surface area (Å²) in [6, 6.07) is 6.55. The summed E-state index contributed by atoms with van der Waals surface area (Å²) in [7, 11) is 1.41. The smallest absolute Gasteiger partial charge is 0.271 e. The van der Waals surface area contributed by atoms with Gasteiger partial charge < -0.3 is 31.5 Å². The fourth-order valence-electron chi connectivity index (χ4n) is 3.53. The van der Waals surface area contributed by atoms with Gasteiger partial charge in [0.2, 0.25) is 11.8 Å². The Morgan fingerprint density at radius 1 is 1.15 bits per heavy atom. The summed E-state index contributed by atoms with van der Waals surface area (Å²) in [6.45, 7) is 1.39. The van der Waals surface area contributed by atoms with Gasteiger partial charge >= 0.3 is 0 Å². The summed E-state index contributed by atoms with van der Waals surface area (Å²) < 4.78 is 44.3. The first-order valence-electron chi connectivity index (χ1n) is 15.7. The van der Waals surface area contributed by atoms with Crippen LogP contribution in [0.15, 0.2) is 36.4 Å². The van der Waals surface area contributed by atoms with Crippen molar-refractivity contribution in [1.82, 2.24) is 25.1 Å². The quantitative estimate of drug-likeness (QED) is 0.265. The predicted molar refractivity (Wildman–Crippen MR) is 155 cm³/mol. The van der Waals surface area contributed by atoms with E-state index in [-0.39, 0.29) is 24.1 Å². The SMILES string of the molecule is [2H]C([2H])([2H])N(C/C=C/C(=O)N(C)C(C)C(=O)NCCc1cccc(Nc2nc(NC(C)C)c(CC)nc2C(N)=O)c1)C([2H])([2H])[2H]. The maximum Gasteiger partial charge on any atom is 0.271 e. The zero-order valence-electron chi connectivity index (χ0n) is 29.0. The van der Waals surface area contributed by atoms with Gasteiger partial charge in [0, 0.05) is 46.2 Å². The summed E-state index contributed by atoms with van der Waals surface area (Å²) in [5.74, 6) is -0.947. The van der Waals surface area contributed by atoms with Crippen LogP contribution in [-0.2, 0) is 22.4 Å². The van der Waals surface area contributed by atoms with Crippen molar-refractivity contribution in [2.24, 2.45) is 5.73 Å². The van der Waals surface area contributed by atoms with Gasteiger partial charge in [0.15, 0.2) is 11.5 Å². The van der Waals surface area contributed by atoms with E-state index in [9.17, 15) is 14.4 Å². The van der Waals surface area contributed by atoms with Gasteiger partial charge in [-0.15, -0.1) is 0 Å². The second-order valence-corrected chi connectivity index (χ2v) is 9.24. The van der Waals surface area contributed by atoms with Crippen molar-refractivity contribution >= 4 is 35.0 Å². The van der Waals surface area contributed by atoms with E-state index in [0.29, 0.717) is 34.9 Å². The fourth-order valence-corrected chi connectivity index (χ4v) is 3.53. The van der Waals surface area contributed by atoms with Gasteiger partial charge in [-0.2, -0.15) is 0 Å². The number of hydrogen-bond donors (Lipinski definition) is 4. The molecule has 1 unspecified atom stereocenters. The Labute approximate surface area is 239 Å². The third kappa shape index (κ3) is 9.68. The van der Waals surface area contributed by atoms with Crippen LogP contribution in [0, 0.1) is 0 Å². The van der Waals surface area contributed by atoms with Crippen LogP contribution in [0.25, 0.3) is 0 Å². The number of aryl methyl sites for hydroxylation is 1. The molecule has 1 aromatic carbocycles. The molecule has 1 aromatic heterocycles. The predicted octanol–water partition coefficient (Wildman–Crippen LogP) is 2.33. The molecule has 0 saturated heterocycles. The van der Waals surface area contributed by atoms with Crippen LogP contribution in [0.2, 0.25) is 0 Å². The highest BCUT2D eigenvalue weighted by molar-refractivity contribution is 5.96. The molecule has 5 N–H and O–H groups in total. The number of anilines is 3. The monoisotopic (exact) mass is 544 g/mol. The van der Waals surface area contributed by atoms with Gasteiger partial charge in [-0.1, -0.05) is 25.1 Å². The van der Waals surface area contributed by atoms with Crippen LogP contribution in [-0.4, -0.2) is 83.7 Å². The first-order chi connectivity index (χ1) is 20.8. The number of carbonyl (C=O) groups is 3. The second kappa shape index (κ2) is 14.8. The number of aromatic nitrogens is 2. The Balaban J connectivity index is 2.02. The van der Waals surface area contributed by atoms with E-state index >= 15 is 0 Å². The van der Waals surface area contributed by atoms with E-state index in [1.165, 1.54) is 14.0 Å². The Morgan fingerprint density at radius 2 is 1.90 bits per heavy atom. The van der Waals surface area contributed by atoms with E-state index in [2.05, 4.69) is 25.9 Å². The third-order valence-corrected chi connectivity index (χ3v) is 5.72. The molecule has 0 bridgehead atoms. The standard InChI is InChI=1S/C28H42N8O3/c1-8-22-26(31-18(2)3)34-27(24(33-22)25(29)38)32-21-12-9-11-20(17-21)14-15-30-28(39)19(4)36(7)23(37)13-10-16-35(5)6/h9-13,17-19H,8,14-16H2,1-7H3,(H2,29,38)(H,30,39)(H2,31,32,34)/b13-10+/i5D3,6D3. The summed E-state index contributed by atoms with van der Waals surface area (Å²) in [5, 5.41) is 9.15. The lowest BCUT2D eigenvalue weighted by molar-refractivity contribution is -0.135. The molecule has 0 radical (unpaired) electrons. The average molecular weight is 545 g/mol. The molecule has 0 aliphatic rings. The van der Waals surface area contributed by atoms with Crippen LogP contribution in [0.3, 0.4) is 0 Å². The van der Waals surface area contributed by atoms with E-state index in [0.717, 1.165) is 22.6 Å². The van der Waals surface area contributed by atoms with Crippen LogP contribution in [0.1, 0.15) is 57.7 Å². The van der Waals surface area contributed by atoms with Crippen LogP contribution in [0.5, 0.6) is 0 Å². The minimum absolute atomic E-state index is 0.0215. The molecule has 1 heterocycles. The van der Waals surface area contributed by atoms with Gasteiger partial charge in [-0.05, 0) is 65.3 Å². The van der Waals surface area contributed by atoms with E-state index in [4.69, 9.17) is 14.0 Å². The highest BCUT2D eigenvalue weighted by Crippen LogP contribution is 2.23. The summed E-state index contributed by atoms with van der Waals surface area (Å²) in [4.78, 5) is 47.9. The van der Waals surface area contributed by atoms with Gasteiger partial charge in [-0.25, -0.2) is 9.97 Å². The molecule has 0 fully saturated rings. The minimum atomic E-state index is -2.87. The maximum atomic E-state index is 12.7. The molecule has 2 aromatic rings. The molecule has 2 rings (SSSR count). The van der Waals surface area contributed by atoms with E-state index in [1.54, 1.807) is 6.07 Å². The molecule has 0 aliphatic carbocycles. The molecule has 212 valence electrons. The molecule has 0 spiro atoms. The van der Waals surface area contributed by atoms with E-state index in [1.807, 2.05) is 39.0 Å². The second-order valence-electron chi connectivity index (χ2n) is 9.24. The Bertz CT molecular complexity index is 1370. The maximum absolute atomic E-state index is 12.7. The van der Waals surface area contributed by atoms with E-state index < -0.39 is 44.3 Å². The highest BCUT2D eigenvalue weighted by atomic mass is 16.2. The molecule has 39 heavy (non-hydrogen) atoms. The summed E-state index contributed by atoms with van der Waals surface area (Å²) >= 11 is 0. The number of nitrogens with zero attached hydrogens (tertiary/aromatic N) is 4. The number of benzene rings is 1. The number of hydrogen-bond acceptors (Lipinski definition) is 8. The zero-order chi connectivity index (χ0) is 34.1. The normalized spacial score (nSPS) is 14.9. The topological polar surface area (TPSA) is 146 Å². The number of amides is 3. The van der Waals surface area contributed by atoms with Crippen molar-refractivity contribution < 1.29 is 22.6 Å². The van der Waals surface area contributed by atoms with Crippen LogP contribution in [0.4, 0.5) is 17.3 Å². The number of rotatable bonds is 14. The fraction of sp³-hybridized carbons (Fsp3) is 0.464. The zero-order valence-corrected chi connectivity index (χ0v) is 23.0. The number of likely N-dealkylation sites (N-methyl/N-ethyl adjacent to an activating group) is 2. The van der Waals surface area contributed by atoms with Crippen molar-refractivity contribution in [2.45, 2.75) is 52.6 Å². The first kappa shape index (κ1) is 22.9. The van der Waals surface area contributed by atoms with Gasteiger partial charge in [-0.3, -0.25) is 14.4 Å². The Hall–Kier alpha value is -3.99. The largest absolute Gasteiger partial charge is 0.366 e. The number of primary amides is 1. The number of nitrogens with one attached hydrogen (secondary N) is 3. The van der Waals surface area contributed by atoms with Crippen LogP contribution < -0.4 is 21.7 Å². The van der Waals surface area contributed by atoms with Gasteiger partial charge in [0.1, 0.15) is 11.9 Å². The number of carbonyl (C=O) groups excluding carboxylic acids is 3. The minimum Gasteiger partial charge on any atom is -0.366 e. The number of nitrogens with two attached hydrogens (primary N) is 1. The Morgan fingerprint density at radius 3 is 2.54 bits per heavy atom. The van der Waals surface area contributed by atoms with Crippen molar-refractivity contribution in [2.75, 3.05) is 44.7 Å². The van der Waals surface area contributed by atoms with Crippen molar-refractivity contribution in [1.29, 1.82) is 0 Å². The summed E-state index contributed by atoms with van der Waals surface area (Å²) in [5.41, 5.74) is 7.73. The van der Waals surface area contributed by atoms with Gasteiger partial charge in [0.05, 0.1) is 5.69 Å². The van der Waals surface area contributed by atoms with Crippen molar-refractivity contribution in [3.05, 3.63) is 53.4 Å². The van der Waals surface area contributed by atoms with Crippen LogP contribution >= 0.6 is 0 Å². The molecule has 11 heteroatoms.